The van der Waals surface area contributed by atoms with Crippen molar-refractivity contribution in [2.24, 2.45) is 0 Å². The molecule has 0 fully saturated rings. The predicted octanol–water partition coefficient (Wildman–Crippen LogP) is 3.00. The Bertz CT molecular complexity index is 1360. The van der Waals surface area contributed by atoms with Gasteiger partial charge in [0.2, 0.25) is 4.96 Å². The summed E-state index contributed by atoms with van der Waals surface area (Å²) in [6.07, 6.45) is 1.75. The van der Waals surface area contributed by atoms with Crippen LogP contribution in [0.25, 0.3) is 22.4 Å². The van der Waals surface area contributed by atoms with Crippen molar-refractivity contribution in [3.05, 3.63) is 68.5 Å². The summed E-state index contributed by atoms with van der Waals surface area (Å²) in [5, 5.41) is 4.40. The average molecular weight is 421 g/mol. The lowest BCUT2D eigenvalue weighted by Gasteiger charge is -2.10. The molecule has 0 spiro atoms. The SMILES string of the molecule is CCOc1cc(/C=c2/sc3nc(-c4ccccc4C)nn3c2=O)ccc1OC(C)=O. The molecule has 7 nitrogen and oxygen atoms in total. The second-order valence-electron chi connectivity index (χ2n) is 6.59. The second-order valence-corrected chi connectivity index (χ2v) is 7.60. The van der Waals surface area contributed by atoms with E-state index < -0.39 is 5.97 Å². The van der Waals surface area contributed by atoms with Crippen LogP contribution in [0.5, 0.6) is 11.5 Å². The minimum atomic E-state index is -0.426. The summed E-state index contributed by atoms with van der Waals surface area (Å²) in [7, 11) is 0. The van der Waals surface area contributed by atoms with Gasteiger partial charge in [-0.05, 0) is 43.2 Å². The van der Waals surface area contributed by atoms with Gasteiger partial charge in [-0.15, -0.1) is 5.10 Å². The number of carbonyl (C=O) groups is 1. The summed E-state index contributed by atoms with van der Waals surface area (Å²) in [4.78, 5) is 29.2. The molecule has 2 aromatic carbocycles. The lowest BCUT2D eigenvalue weighted by Crippen LogP contribution is -2.23. The number of hydrogen-bond donors (Lipinski definition) is 0. The summed E-state index contributed by atoms with van der Waals surface area (Å²) in [5.74, 6) is 0.890. The number of nitrogens with zero attached hydrogens (tertiary/aromatic N) is 3. The number of carbonyl (C=O) groups excluding carboxylic acids is 1. The van der Waals surface area contributed by atoms with E-state index >= 15 is 0 Å². The molecule has 0 aliphatic carbocycles. The number of hydrogen-bond acceptors (Lipinski definition) is 7. The molecular weight excluding hydrogens is 402 g/mol. The van der Waals surface area contributed by atoms with Crippen LogP contribution in [-0.2, 0) is 4.79 Å². The van der Waals surface area contributed by atoms with Gasteiger partial charge in [0, 0.05) is 12.5 Å². The Labute approximate surface area is 176 Å². The first-order valence-corrected chi connectivity index (χ1v) is 10.2. The smallest absolute Gasteiger partial charge is 0.308 e. The Kier molecular flexibility index (Phi) is 5.33. The van der Waals surface area contributed by atoms with Crippen LogP contribution < -0.4 is 19.6 Å². The van der Waals surface area contributed by atoms with E-state index in [4.69, 9.17) is 9.47 Å². The minimum Gasteiger partial charge on any atom is -0.490 e. The third-order valence-corrected chi connectivity index (χ3v) is 5.35. The molecule has 0 N–H and O–H groups in total. The molecule has 0 saturated heterocycles. The molecule has 152 valence electrons. The minimum absolute atomic E-state index is 0.232. The molecule has 0 bridgehead atoms. The van der Waals surface area contributed by atoms with Gasteiger partial charge in [-0.3, -0.25) is 9.59 Å². The van der Waals surface area contributed by atoms with E-state index in [1.54, 1.807) is 24.3 Å². The standard InChI is InChI=1S/C22H19N3O4S/c1-4-28-18-11-15(9-10-17(18)29-14(3)26)12-19-21(27)25-22(30-19)23-20(24-25)16-8-6-5-7-13(16)2/h5-12H,4H2,1-3H3/b19-12+. The summed E-state index contributed by atoms with van der Waals surface area (Å²) in [6, 6.07) is 12.9. The fraction of sp³-hybridized carbons (Fsp3) is 0.182. The van der Waals surface area contributed by atoms with E-state index in [1.165, 1.54) is 22.8 Å². The molecule has 0 amide bonds. The summed E-state index contributed by atoms with van der Waals surface area (Å²) in [6.45, 7) is 5.58. The van der Waals surface area contributed by atoms with Gasteiger partial charge >= 0.3 is 5.97 Å². The van der Waals surface area contributed by atoms with E-state index in [9.17, 15) is 9.59 Å². The molecule has 4 aromatic rings. The summed E-state index contributed by atoms with van der Waals surface area (Å²) < 4.78 is 12.6. The first-order chi connectivity index (χ1) is 14.5. The summed E-state index contributed by atoms with van der Waals surface area (Å²) in [5.41, 5.74) is 2.46. The number of rotatable bonds is 5. The zero-order valence-electron chi connectivity index (χ0n) is 16.7. The molecule has 30 heavy (non-hydrogen) atoms. The van der Waals surface area contributed by atoms with Crippen molar-refractivity contribution in [2.45, 2.75) is 20.8 Å². The molecule has 0 aliphatic heterocycles. The maximum absolute atomic E-state index is 12.8. The van der Waals surface area contributed by atoms with E-state index in [2.05, 4.69) is 10.1 Å². The van der Waals surface area contributed by atoms with Crippen molar-refractivity contribution < 1.29 is 14.3 Å². The normalized spacial score (nSPS) is 11.8. The van der Waals surface area contributed by atoms with Crippen LogP contribution in [0, 0.1) is 6.92 Å². The highest BCUT2D eigenvalue weighted by Crippen LogP contribution is 2.29. The van der Waals surface area contributed by atoms with Gasteiger partial charge in [0.15, 0.2) is 17.3 Å². The number of thiazole rings is 1. The predicted molar refractivity (Wildman–Crippen MR) is 115 cm³/mol. The van der Waals surface area contributed by atoms with Crippen LogP contribution in [0.15, 0.2) is 47.3 Å². The average Bonchev–Trinajstić information content (AvgIpc) is 3.24. The molecule has 0 unspecified atom stereocenters. The zero-order chi connectivity index (χ0) is 21.3. The van der Waals surface area contributed by atoms with Gasteiger partial charge in [0.1, 0.15) is 0 Å². The molecule has 0 saturated carbocycles. The van der Waals surface area contributed by atoms with E-state index in [1.807, 2.05) is 38.1 Å². The largest absolute Gasteiger partial charge is 0.490 e. The van der Waals surface area contributed by atoms with Crippen LogP contribution in [0.1, 0.15) is 25.0 Å². The number of benzene rings is 2. The third kappa shape index (κ3) is 3.81. The Hall–Kier alpha value is -3.52. The number of esters is 1. The van der Waals surface area contributed by atoms with E-state index in [0.29, 0.717) is 33.4 Å². The van der Waals surface area contributed by atoms with Gasteiger partial charge in [-0.1, -0.05) is 41.7 Å². The molecule has 8 heteroatoms. The fourth-order valence-electron chi connectivity index (χ4n) is 3.04. The maximum atomic E-state index is 12.8. The number of aromatic nitrogens is 3. The van der Waals surface area contributed by atoms with Crippen molar-refractivity contribution in [1.82, 2.24) is 14.6 Å². The second kappa shape index (κ2) is 8.08. The molecular formula is C22H19N3O4S. The Morgan fingerprint density at radius 3 is 2.70 bits per heavy atom. The fourth-order valence-corrected chi connectivity index (χ4v) is 3.95. The maximum Gasteiger partial charge on any atom is 0.308 e. The molecule has 2 heterocycles. The van der Waals surface area contributed by atoms with Gasteiger partial charge in [-0.25, -0.2) is 0 Å². The van der Waals surface area contributed by atoms with Crippen molar-refractivity contribution in [3.63, 3.8) is 0 Å². The Balaban J connectivity index is 1.75. The molecule has 4 rings (SSSR count). The number of ether oxygens (including phenoxy) is 2. The van der Waals surface area contributed by atoms with Gasteiger partial charge < -0.3 is 9.47 Å². The van der Waals surface area contributed by atoms with Crippen LogP contribution in [-0.4, -0.2) is 27.2 Å². The van der Waals surface area contributed by atoms with Crippen molar-refractivity contribution in [3.8, 4) is 22.9 Å². The Morgan fingerprint density at radius 2 is 2.00 bits per heavy atom. The van der Waals surface area contributed by atoms with Crippen LogP contribution in [0.2, 0.25) is 0 Å². The van der Waals surface area contributed by atoms with Crippen LogP contribution in [0.4, 0.5) is 0 Å². The van der Waals surface area contributed by atoms with Crippen molar-refractivity contribution in [2.75, 3.05) is 6.61 Å². The quantitative estimate of drug-likeness (QED) is 0.364. The highest BCUT2D eigenvalue weighted by Gasteiger charge is 2.14. The molecule has 0 atom stereocenters. The lowest BCUT2D eigenvalue weighted by atomic mass is 10.1. The van der Waals surface area contributed by atoms with Crippen molar-refractivity contribution >= 4 is 28.3 Å². The van der Waals surface area contributed by atoms with Gasteiger partial charge in [0.05, 0.1) is 11.1 Å². The highest BCUT2D eigenvalue weighted by atomic mass is 32.1. The molecule has 0 aliphatic rings. The summed E-state index contributed by atoms with van der Waals surface area (Å²) >= 11 is 1.27. The van der Waals surface area contributed by atoms with Crippen LogP contribution >= 0.6 is 11.3 Å². The molecule has 2 aromatic heterocycles. The van der Waals surface area contributed by atoms with E-state index in [-0.39, 0.29) is 5.56 Å². The van der Waals surface area contributed by atoms with Crippen LogP contribution in [0.3, 0.4) is 0 Å². The zero-order valence-corrected chi connectivity index (χ0v) is 17.5. The van der Waals surface area contributed by atoms with Gasteiger partial charge in [-0.2, -0.15) is 9.50 Å². The number of aryl methyl sites for hydroxylation is 1. The van der Waals surface area contributed by atoms with Gasteiger partial charge in [0.25, 0.3) is 5.56 Å². The highest BCUT2D eigenvalue weighted by molar-refractivity contribution is 7.15. The lowest BCUT2D eigenvalue weighted by molar-refractivity contribution is -0.132. The number of fused-ring (bicyclic) bond motifs is 1. The topological polar surface area (TPSA) is 82.8 Å². The molecule has 0 radical (unpaired) electrons. The first-order valence-electron chi connectivity index (χ1n) is 9.39. The Morgan fingerprint density at radius 1 is 1.20 bits per heavy atom. The first kappa shape index (κ1) is 19.8. The van der Waals surface area contributed by atoms with Crippen molar-refractivity contribution in [1.29, 1.82) is 0 Å². The van der Waals surface area contributed by atoms with E-state index in [0.717, 1.165) is 16.7 Å². The third-order valence-electron chi connectivity index (χ3n) is 4.39. The monoisotopic (exact) mass is 421 g/mol.